The third-order valence-corrected chi connectivity index (χ3v) is 4.91. The van der Waals surface area contributed by atoms with Crippen LogP contribution in [0.5, 0.6) is 0 Å². The lowest BCUT2D eigenvalue weighted by molar-refractivity contribution is 0.725. The van der Waals surface area contributed by atoms with Gasteiger partial charge in [0.25, 0.3) is 0 Å². The van der Waals surface area contributed by atoms with E-state index in [-0.39, 0.29) is 6.04 Å². The first-order valence-electron chi connectivity index (χ1n) is 6.82. The van der Waals surface area contributed by atoms with Gasteiger partial charge in [-0.1, -0.05) is 60.1 Å². The Balaban J connectivity index is 1.92. The molecule has 1 unspecified atom stereocenters. The van der Waals surface area contributed by atoms with Crippen LogP contribution in [0, 0.1) is 0 Å². The first kappa shape index (κ1) is 14.6. The molecule has 2 N–H and O–H groups in total. The molecule has 0 aliphatic carbocycles. The van der Waals surface area contributed by atoms with Crippen molar-refractivity contribution in [1.82, 2.24) is 0 Å². The summed E-state index contributed by atoms with van der Waals surface area (Å²) >= 11 is 9.49. The lowest BCUT2D eigenvalue weighted by Gasteiger charge is -2.14. The topological polar surface area (TPSA) is 26.0 Å². The lowest BCUT2D eigenvalue weighted by Crippen LogP contribution is -2.13. The molecule has 0 aromatic heterocycles. The van der Waals surface area contributed by atoms with Crippen molar-refractivity contribution in [3.05, 3.63) is 81.3 Å². The summed E-state index contributed by atoms with van der Waals surface area (Å²) in [4.78, 5) is 0. The number of hydrogen-bond acceptors (Lipinski definition) is 1. The molecular formula is C18H15BrClN. The summed E-state index contributed by atoms with van der Waals surface area (Å²) in [6.45, 7) is 0. The molecule has 0 heterocycles. The Kier molecular flexibility index (Phi) is 4.29. The number of halogens is 2. The maximum Gasteiger partial charge on any atom is 0.0548 e. The van der Waals surface area contributed by atoms with Gasteiger partial charge in [-0.2, -0.15) is 0 Å². The SMILES string of the molecule is NC(Cc1cccc2ccccc12)c1ccc(Cl)c(Br)c1. The molecule has 0 amide bonds. The molecule has 21 heavy (non-hydrogen) atoms. The van der Waals surface area contributed by atoms with Crippen LogP contribution in [0.2, 0.25) is 5.02 Å². The van der Waals surface area contributed by atoms with Crippen molar-refractivity contribution in [3.8, 4) is 0 Å². The Morgan fingerprint density at radius 3 is 2.57 bits per heavy atom. The van der Waals surface area contributed by atoms with Gasteiger partial charge in [0.1, 0.15) is 0 Å². The first-order chi connectivity index (χ1) is 10.1. The van der Waals surface area contributed by atoms with Gasteiger partial charge >= 0.3 is 0 Å². The van der Waals surface area contributed by atoms with E-state index in [4.69, 9.17) is 17.3 Å². The van der Waals surface area contributed by atoms with Gasteiger partial charge in [0.2, 0.25) is 0 Å². The molecule has 0 saturated heterocycles. The summed E-state index contributed by atoms with van der Waals surface area (Å²) in [5.41, 5.74) is 8.73. The van der Waals surface area contributed by atoms with E-state index < -0.39 is 0 Å². The van der Waals surface area contributed by atoms with Gasteiger partial charge in [-0.05, 0) is 56.4 Å². The number of nitrogens with two attached hydrogens (primary N) is 1. The second kappa shape index (κ2) is 6.18. The molecule has 1 nitrogen and oxygen atoms in total. The van der Waals surface area contributed by atoms with Gasteiger partial charge in [-0.25, -0.2) is 0 Å². The molecule has 3 aromatic carbocycles. The molecule has 0 aliphatic heterocycles. The van der Waals surface area contributed by atoms with Crippen molar-refractivity contribution in [3.63, 3.8) is 0 Å². The average Bonchev–Trinajstić information content (AvgIpc) is 2.50. The molecule has 0 radical (unpaired) electrons. The average molecular weight is 361 g/mol. The van der Waals surface area contributed by atoms with Crippen LogP contribution in [0.4, 0.5) is 0 Å². The quantitative estimate of drug-likeness (QED) is 0.656. The van der Waals surface area contributed by atoms with E-state index in [9.17, 15) is 0 Å². The largest absolute Gasteiger partial charge is 0.324 e. The fourth-order valence-corrected chi connectivity index (χ4v) is 3.08. The molecule has 3 aromatic rings. The van der Waals surface area contributed by atoms with Crippen molar-refractivity contribution in [1.29, 1.82) is 0 Å². The third kappa shape index (κ3) is 3.13. The van der Waals surface area contributed by atoms with Crippen LogP contribution in [0.1, 0.15) is 17.2 Å². The van der Waals surface area contributed by atoms with Crippen LogP contribution in [0.25, 0.3) is 10.8 Å². The van der Waals surface area contributed by atoms with Crippen molar-refractivity contribution in [2.75, 3.05) is 0 Å². The second-order valence-electron chi connectivity index (χ2n) is 5.12. The van der Waals surface area contributed by atoms with E-state index in [1.807, 2.05) is 18.2 Å². The van der Waals surface area contributed by atoms with E-state index in [2.05, 4.69) is 58.4 Å². The van der Waals surface area contributed by atoms with E-state index in [0.29, 0.717) is 5.02 Å². The van der Waals surface area contributed by atoms with Crippen molar-refractivity contribution in [2.24, 2.45) is 5.73 Å². The normalized spacial score (nSPS) is 12.5. The molecule has 1 atom stereocenters. The Morgan fingerprint density at radius 2 is 1.76 bits per heavy atom. The highest BCUT2D eigenvalue weighted by Gasteiger charge is 2.10. The standard InChI is InChI=1S/C18H15BrClN/c19-16-10-14(8-9-17(16)20)18(21)11-13-6-3-5-12-4-1-2-7-15(12)13/h1-10,18H,11,21H2. The maximum absolute atomic E-state index is 6.37. The smallest absolute Gasteiger partial charge is 0.0548 e. The van der Waals surface area contributed by atoms with Gasteiger partial charge in [-0.3, -0.25) is 0 Å². The van der Waals surface area contributed by atoms with E-state index in [0.717, 1.165) is 16.5 Å². The predicted molar refractivity (Wildman–Crippen MR) is 93.7 cm³/mol. The number of benzene rings is 3. The fraction of sp³-hybridized carbons (Fsp3) is 0.111. The zero-order valence-corrected chi connectivity index (χ0v) is 13.7. The van der Waals surface area contributed by atoms with E-state index in [1.54, 1.807) is 0 Å². The third-order valence-electron chi connectivity index (χ3n) is 3.69. The Hall–Kier alpha value is -1.35. The lowest BCUT2D eigenvalue weighted by atomic mass is 9.95. The summed E-state index contributed by atoms with van der Waals surface area (Å²) in [6, 6.07) is 20.6. The van der Waals surface area contributed by atoms with Crippen LogP contribution >= 0.6 is 27.5 Å². The molecule has 0 fully saturated rings. The maximum atomic E-state index is 6.37. The minimum absolute atomic E-state index is 0.0515. The molecule has 0 spiro atoms. The Bertz CT molecular complexity index is 780. The number of fused-ring (bicyclic) bond motifs is 1. The molecule has 0 aliphatic rings. The first-order valence-corrected chi connectivity index (χ1v) is 7.99. The zero-order valence-electron chi connectivity index (χ0n) is 11.4. The Morgan fingerprint density at radius 1 is 1.00 bits per heavy atom. The minimum Gasteiger partial charge on any atom is -0.324 e. The zero-order chi connectivity index (χ0) is 14.8. The summed E-state index contributed by atoms with van der Waals surface area (Å²) in [5.74, 6) is 0. The van der Waals surface area contributed by atoms with Crippen molar-refractivity contribution >= 4 is 38.3 Å². The number of hydrogen-bond donors (Lipinski definition) is 1. The highest BCUT2D eigenvalue weighted by Crippen LogP contribution is 2.28. The van der Waals surface area contributed by atoms with Crippen LogP contribution in [-0.2, 0) is 6.42 Å². The van der Waals surface area contributed by atoms with Crippen molar-refractivity contribution in [2.45, 2.75) is 12.5 Å². The molecule has 3 rings (SSSR count). The van der Waals surface area contributed by atoms with Crippen LogP contribution < -0.4 is 5.73 Å². The highest BCUT2D eigenvalue weighted by atomic mass is 79.9. The monoisotopic (exact) mass is 359 g/mol. The van der Waals surface area contributed by atoms with Crippen molar-refractivity contribution < 1.29 is 0 Å². The second-order valence-corrected chi connectivity index (χ2v) is 6.38. The van der Waals surface area contributed by atoms with Crippen LogP contribution in [-0.4, -0.2) is 0 Å². The summed E-state index contributed by atoms with van der Waals surface area (Å²) in [6.07, 6.45) is 0.801. The summed E-state index contributed by atoms with van der Waals surface area (Å²) in [5, 5.41) is 3.22. The molecule has 3 heteroatoms. The molecule has 0 saturated carbocycles. The van der Waals surface area contributed by atoms with Crippen LogP contribution in [0.3, 0.4) is 0 Å². The van der Waals surface area contributed by atoms with E-state index in [1.165, 1.54) is 16.3 Å². The highest BCUT2D eigenvalue weighted by molar-refractivity contribution is 9.10. The van der Waals surface area contributed by atoms with Gasteiger partial charge in [0.05, 0.1) is 5.02 Å². The Labute approximate surface area is 137 Å². The van der Waals surface area contributed by atoms with Gasteiger partial charge in [0, 0.05) is 10.5 Å². The van der Waals surface area contributed by atoms with Crippen LogP contribution in [0.15, 0.2) is 65.1 Å². The molecule has 106 valence electrons. The summed E-state index contributed by atoms with van der Waals surface area (Å²) in [7, 11) is 0. The van der Waals surface area contributed by atoms with E-state index >= 15 is 0 Å². The fourth-order valence-electron chi connectivity index (χ4n) is 2.57. The summed E-state index contributed by atoms with van der Waals surface area (Å²) < 4.78 is 0.884. The molecular weight excluding hydrogens is 346 g/mol. The predicted octanol–water partition coefficient (Wildman–Crippen LogP) is 5.50. The van der Waals surface area contributed by atoms with Gasteiger partial charge < -0.3 is 5.73 Å². The number of rotatable bonds is 3. The van der Waals surface area contributed by atoms with Gasteiger partial charge in [-0.15, -0.1) is 0 Å². The molecule has 0 bridgehead atoms. The van der Waals surface area contributed by atoms with Gasteiger partial charge in [0.15, 0.2) is 0 Å². The minimum atomic E-state index is -0.0515.